The maximum atomic E-state index is 14.1. The van der Waals surface area contributed by atoms with E-state index in [1.165, 1.54) is 35.4 Å². The molecule has 6 rings (SSSR count). The zero-order valence-corrected chi connectivity index (χ0v) is 21.8. The zero-order valence-electron chi connectivity index (χ0n) is 21.0. The Morgan fingerprint density at radius 3 is 2.44 bits per heavy atom. The van der Waals surface area contributed by atoms with Crippen LogP contribution in [-0.4, -0.2) is 33.3 Å². The van der Waals surface area contributed by atoms with E-state index in [1.54, 1.807) is 23.7 Å². The molecule has 0 atom stereocenters. The quantitative estimate of drug-likeness (QED) is 0.289. The maximum absolute atomic E-state index is 14.1. The molecule has 204 valence electrons. The van der Waals surface area contributed by atoms with Crippen LogP contribution >= 0.6 is 11.6 Å². The molecule has 0 saturated heterocycles. The van der Waals surface area contributed by atoms with Gasteiger partial charge in [-0.05, 0) is 42.0 Å². The van der Waals surface area contributed by atoms with E-state index in [0.29, 0.717) is 16.8 Å². The Bertz CT molecular complexity index is 2170. The summed E-state index contributed by atoms with van der Waals surface area (Å²) >= 11 is 6.49. The van der Waals surface area contributed by atoms with Gasteiger partial charge in [-0.25, -0.2) is 27.9 Å². The van der Waals surface area contributed by atoms with Gasteiger partial charge in [0.25, 0.3) is 5.56 Å². The average molecular weight is 577 g/mol. The summed E-state index contributed by atoms with van der Waals surface area (Å²) in [5.41, 5.74) is -0.262. The predicted molar refractivity (Wildman–Crippen MR) is 142 cm³/mol. The Morgan fingerprint density at radius 2 is 1.76 bits per heavy atom. The highest BCUT2D eigenvalue weighted by Gasteiger charge is 2.22. The van der Waals surface area contributed by atoms with Crippen LogP contribution in [0, 0.1) is 28.8 Å². The van der Waals surface area contributed by atoms with Crippen molar-refractivity contribution in [3.63, 3.8) is 0 Å². The average Bonchev–Trinajstić information content (AvgIpc) is 3.60. The first-order valence-electron chi connectivity index (χ1n) is 12.0. The minimum Gasteiger partial charge on any atom is -0.299 e. The van der Waals surface area contributed by atoms with Crippen molar-refractivity contribution >= 4 is 28.2 Å². The lowest BCUT2D eigenvalue weighted by Crippen LogP contribution is -2.41. The van der Waals surface area contributed by atoms with Crippen LogP contribution < -0.4 is 11.2 Å². The van der Waals surface area contributed by atoms with E-state index in [2.05, 4.69) is 15.1 Å². The third-order valence-corrected chi connectivity index (χ3v) is 6.90. The second kappa shape index (κ2) is 9.76. The summed E-state index contributed by atoms with van der Waals surface area (Å²) < 4.78 is 47.0. The van der Waals surface area contributed by atoms with Gasteiger partial charge in [0, 0.05) is 30.0 Å². The molecule has 0 bridgehead atoms. The standard InChI is InChI=1S/C27H16ClF3N8O2/c1-36-13-34-22(35-36)12-39-26(40)23-21(38(27(39)41)11-15-7-18(29)24(31)19(30)8-15)9-20(37-5-4-33-25(23)37)16-6-14(10-32)2-3-17(16)28/h2-9,13H,11-12H2,1H3. The monoisotopic (exact) mass is 576 g/mol. The molecule has 14 heteroatoms. The van der Waals surface area contributed by atoms with Gasteiger partial charge in [-0.2, -0.15) is 10.4 Å². The molecule has 0 saturated carbocycles. The van der Waals surface area contributed by atoms with Gasteiger partial charge in [-0.1, -0.05) is 11.6 Å². The molecule has 0 fully saturated rings. The van der Waals surface area contributed by atoms with Crippen LogP contribution in [0.15, 0.2) is 64.7 Å². The molecule has 0 aliphatic carbocycles. The van der Waals surface area contributed by atoms with Crippen molar-refractivity contribution in [2.24, 2.45) is 7.05 Å². The molecule has 4 aromatic heterocycles. The third kappa shape index (κ3) is 4.34. The Hall–Kier alpha value is -5.22. The summed E-state index contributed by atoms with van der Waals surface area (Å²) in [5.74, 6) is -4.34. The number of pyridine rings is 1. The third-order valence-electron chi connectivity index (χ3n) is 6.57. The predicted octanol–water partition coefficient (Wildman–Crippen LogP) is 3.65. The van der Waals surface area contributed by atoms with Crippen LogP contribution in [0.4, 0.5) is 13.2 Å². The molecule has 10 nitrogen and oxygen atoms in total. The molecule has 6 aromatic rings. The number of aromatic nitrogens is 7. The highest BCUT2D eigenvalue weighted by molar-refractivity contribution is 6.33. The molecule has 0 N–H and O–H groups in total. The highest BCUT2D eigenvalue weighted by Crippen LogP contribution is 2.32. The van der Waals surface area contributed by atoms with Gasteiger partial charge in [-0.15, -0.1) is 0 Å². The van der Waals surface area contributed by atoms with E-state index < -0.39 is 35.2 Å². The van der Waals surface area contributed by atoms with Crippen LogP contribution in [0.3, 0.4) is 0 Å². The lowest BCUT2D eigenvalue weighted by atomic mass is 10.1. The molecule has 41 heavy (non-hydrogen) atoms. The lowest BCUT2D eigenvalue weighted by molar-refractivity contribution is 0.444. The van der Waals surface area contributed by atoms with Gasteiger partial charge in [0.1, 0.15) is 11.7 Å². The van der Waals surface area contributed by atoms with Gasteiger partial charge < -0.3 is 0 Å². The van der Waals surface area contributed by atoms with Gasteiger partial charge in [-0.3, -0.25) is 23.0 Å². The Morgan fingerprint density at radius 1 is 1.00 bits per heavy atom. The van der Waals surface area contributed by atoms with Crippen molar-refractivity contribution in [2.45, 2.75) is 13.1 Å². The fraction of sp³-hybridized carbons (Fsp3) is 0.111. The Labute approximate surface area is 232 Å². The molecule has 0 radical (unpaired) electrons. The fourth-order valence-electron chi connectivity index (χ4n) is 4.73. The molecule has 0 amide bonds. The molecule has 2 aromatic carbocycles. The number of benzene rings is 2. The van der Waals surface area contributed by atoms with Crippen molar-refractivity contribution in [3.8, 4) is 17.3 Å². The van der Waals surface area contributed by atoms with Gasteiger partial charge in [0.15, 0.2) is 28.9 Å². The van der Waals surface area contributed by atoms with Crippen molar-refractivity contribution in [2.75, 3.05) is 0 Å². The number of fused-ring (bicyclic) bond motifs is 3. The summed E-state index contributed by atoms with van der Waals surface area (Å²) in [6, 6.07) is 9.72. The largest absolute Gasteiger partial charge is 0.332 e. The Kier molecular flexibility index (Phi) is 6.19. The highest BCUT2D eigenvalue weighted by atomic mass is 35.5. The molecule has 0 spiro atoms. The summed E-state index contributed by atoms with van der Waals surface area (Å²) in [4.78, 5) is 36.1. The van der Waals surface area contributed by atoms with Crippen molar-refractivity contribution in [3.05, 3.63) is 115 Å². The van der Waals surface area contributed by atoms with Crippen LogP contribution in [0.25, 0.3) is 27.8 Å². The number of halogens is 4. The summed E-state index contributed by atoms with van der Waals surface area (Å²) in [7, 11) is 1.62. The summed E-state index contributed by atoms with van der Waals surface area (Å²) in [6.45, 7) is -0.729. The topological polar surface area (TPSA) is 116 Å². The minimum absolute atomic E-state index is 0.0184. The molecule has 4 heterocycles. The molecule has 0 unspecified atom stereocenters. The van der Waals surface area contributed by atoms with Crippen LogP contribution in [0.5, 0.6) is 0 Å². The fourth-order valence-corrected chi connectivity index (χ4v) is 4.94. The first-order valence-corrected chi connectivity index (χ1v) is 12.4. The molecular weight excluding hydrogens is 561 g/mol. The summed E-state index contributed by atoms with van der Waals surface area (Å²) in [6.07, 6.45) is 4.44. The number of aryl methyl sites for hydroxylation is 1. The number of nitrogens with zero attached hydrogens (tertiary/aromatic N) is 8. The van der Waals surface area contributed by atoms with E-state index in [1.807, 2.05) is 6.07 Å². The molecule has 0 aliphatic rings. The normalized spacial score (nSPS) is 11.4. The first-order chi connectivity index (χ1) is 19.7. The van der Waals surface area contributed by atoms with Gasteiger partial charge >= 0.3 is 5.69 Å². The van der Waals surface area contributed by atoms with E-state index in [0.717, 1.165) is 21.3 Å². The minimum atomic E-state index is -1.65. The number of hydrogen-bond donors (Lipinski definition) is 0. The number of imidazole rings is 1. The zero-order chi connectivity index (χ0) is 29.0. The van der Waals surface area contributed by atoms with Crippen molar-refractivity contribution in [1.29, 1.82) is 5.26 Å². The lowest BCUT2D eigenvalue weighted by Gasteiger charge is -2.17. The second-order valence-corrected chi connectivity index (χ2v) is 9.59. The number of nitriles is 1. The second-order valence-electron chi connectivity index (χ2n) is 9.19. The maximum Gasteiger partial charge on any atom is 0.332 e. The van der Waals surface area contributed by atoms with Crippen LogP contribution in [0.2, 0.25) is 5.02 Å². The smallest absolute Gasteiger partial charge is 0.299 e. The Balaban J connectivity index is 1.71. The van der Waals surface area contributed by atoms with Crippen LogP contribution in [-0.2, 0) is 20.1 Å². The van der Waals surface area contributed by atoms with Crippen molar-refractivity contribution in [1.82, 2.24) is 33.3 Å². The van der Waals surface area contributed by atoms with Crippen molar-refractivity contribution < 1.29 is 13.2 Å². The molecular formula is C27H16ClF3N8O2. The number of rotatable bonds is 5. The SMILES string of the molecule is Cn1cnc(Cn2c(=O)c3c(cc(-c4cc(C#N)ccc4Cl)n4ccnc34)n(Cc3cc(F)c(F)c(F)c3)c2=O)n1. The first kappa shape index (κ1) is 26.0. The molecule has 0 aliphatic heterocycles. The van der Waals surface area contributed by atoms with Gasteiger partial charge in [0.05, 0.1) is 35.9 Å². The van der Waals surface area contributed by atoms with E-state index >= 15 is 0 Å². The van der Waals surface area contributed by atoms with E-state index in [9.17, 15) is 28.0 Å². The number of hydrogen-bond acceptors (Lipinski definition) is 6. The van der Waals surface area contributed by atoms with E-state index in [-0.39, 0.29) is 39.5 Å². The summed E-state index contributed by atoms with van der Waals surface area (Å²) in [5, 5.41) is 13.9. The van der Waals surface area contributed by atoms with Gasteiger partial charge in [0.2, 0.25) is 0 Å². The van der Waals surface area contributed by atoms with E-state index in [4.69, 9.17) is 11.6 Å². The van der Waals surface area contributed by atoms with Crippen LogP contribution in [0.1, 0.15) is 17.0 Å².